The van der Waals surface area contributed by atoms with Crippen molar-refractivity contribution in [3.63, 3.8) is 0 Å². The molecule has 3 heterocycles. The summed E-state index contributed by atoms with van der Waals surface area (Å²) in [4.78, 5) is 36.3. The molecule has 2 amide bonds. The molecule has 2 aliphatic rings. The first-order chi connectivity index (χ1) is 13.6. The molecule has 3 N–H and O–H groups in total. The minimum absolute atomic E-state index is 0.0766. The number of piperidine rings is 2. The molecule has 2 fully saturated rings. The summed E-state index contributed by atoms with van der Waals surface area (Å²) in [5, 5.41) is 0. The molecule has 2 saturated heterocycles. The van der Waals surface area contributed by atoms with E-state index in [2.05, 4.69) is 16.0 Å². The Bertz CT molecular complexity index is 807. The van der Waals surface area contributed by atoms with Crippen molar-refractivity contribution in [2.24, 2.45) is 17.6 Å². The molecular weight excluding hydrogens is 354 g/mol. The van der Waals surface area contributed by atoms with Crippen molar-refractivity contribution >= 4 is 22.8 Å². The normalized spacial score (nSPS) is 21.9. The molecule has 0 radical (unpaired) electrons. The van der Waals surface area contributed by atoms with Crippen molar-refractivity contribution in [1.29, 1.82) is 0 Å². The van der Waals surface area contributed by atoms with Crippen molar-refractivity contribution in [2.45, 2.75) is 32.1 Å². The number of fused-ring (bicyclic) bond motifs is 1. The van der Waals surface area contributed by atoms with Crippen molar-refractivity contribution in [3.05, 3.63) is 30.1 Å². The Labute approximate surface area is 165 Å². The molecule has 0 saturated carbocycles. The third-order valence-electron chi connectivity index (χ3n) is 6.13. The summed E-state index contributed by atoms with van der Waals surface area (Å²) >= 11 is 0. The van der Waals surface area contributed by atoms with E-state index < -0.39 is 0 Å². The van der Waals surface area contributed by atoms with Crippen LogP contribution in [0.25, 0.3) is 11.0 Å². The zero-order valence-electron chi connectivity index (χ0n) is 16.3. The Morgan fingerprint density at radius 2 is 1.93 bits per heavy atom. The average Bonchev–Trinajstić information content (AvgIpc) is 3.10. The molecule has 4 rings (SSSR count). The number of hydrogen-bond donors (Lipinski definition) is 2. The Kier molecular flexibility index (Phi) is 5.62. The van der Waals surface area contributed by atoms with Gasteiger partial charge in [0.15, 0.2) is 0 Å². The van der Waals surface area contributed by atoms with Gasteiger partial charge in [0.2, 0.25) is 11.8 Å². The fourth-order valence-electron chi connectivity index (χ4n) is 4.54. The lowest BCUT2D eigenvalue weighted by molar-refractivity contribution is -0.136. The molecule has 0 spiro atoms. The predicted molar refractivity (Wildman–Crippen MR) is 107 cm³/mol. The lowest BCUT2D eigenvalue weighted by Gasteiger charge is -2.35. The largest absolute Gasteiger partial charge is 0.369 e. The summed E-state index contributed by atoms with van der Waals surface area (Å²) in [5.41, 5.74) is 7.48. The highest BCUT2D eigenvalue weighted by Crippen LogP contribution is 2.22. The van der Waals surface area contributed by atoms with Crippen LogP contribution in [-0.4, -0.2) is 64.3 Å². The van der Waals surface area contributed by atoms with E-state index in [4.69, 9.17) is 10.7 Å². The van der Waals surface area contributed by atoms with E-state index in [1.54, 1.807) is 0 Å². The zero-order chi connectivity index (χ0) is 19.5. The van der Waals surface area contributed by atoms with Gasteiger partial charge in [-0.2, -0.15) is 0 Å². The molecule has 2 aliphatic heterocycles. The van der Waals surface area contributed by atoms with E-state index in [0.29, 0.717) is 38.4 Å². The molecule has 1 aromatic carbocycles. The van der Waals surface area contributed by atoms with Gasteiger partial charge in [-0.15, -0.1) is 0 Å². The molecule has 0 aliphatic carbocycles. The van der Waals surface area contributed by atoms with Gasteiger partial charge in [-0.1, -0.05) is 12.1 Å². The molecule has 1 atom stereocenters. The third-order valence-corrected chi connectivity index (χ3v) is 6.13. The number of nitrogens with one attached hydrogen (secondary N) is 1. The average molecular weight is 383 g/mol. The van der Waals surface area contributed by atoms with Gasteiger partial charge in [-0.05, 0) is 50.3 Å². The van der Waals surface area contributed by atoms with Crippen LogP contribution in [0.15, 0.2) is 24.3 Å². The SMILES string of the molecule is NC(=O)C1CCN(C(=O)CN2CCC[C@H](Cc3nc4ccccc4[nH]3)C2)CC1. The molecule has 150 valence electrons. The van der Waals surface area contributed by atoms with Gasteiger partial charge in [0.1, 0.15) is 5.82 Å². The van der Waals surface area contributed by atoms with Crippen LogP contribution in [0.1, 0.15) is 31.5 Å². The number of H-pyrrole nitrogens is 1. The number of carbonyl (C=O) groups is 2. The van der Waals surface area contributed by atoms with Gasteiger partial charge in [0.05, 0.1) is 17.6 Å². The zero-order valence-corrected chi connectivity index (χ0v) is 16.3. The predicted octanol–water partition coefficient (Wildman–Crippen LogP) is 1.54. The quantitative estimate of drug-likeness (QED) is 0.819. The lowest BCUT2D eigenvalue weighted by atomic mass is 9.94. The Morgan fingerprint density at radius 3 is 2.68 bits per heavy atom. The van der Waals surface area contributed by atoms with Crippen LogP contribution < -0.4 is 5.73 Å². The highest BCUT2D eigenvalue weighted by molar-refractivity contribution is 5.80. The summed E-state index contributed by atoms with van der Waals surface area (Å²) in [6.45, 7) is 3.66. The molecule has 7 nitrogen and oxygen atoms in total. The smallest absolute Gasteiger partial charge is 0.236 e. The van der Waals surface area contributed by atoms with Crippen LogP contribution >= 0.6 is 0 Å². The summed E-state index contributed by atoms with van der Waals surface area (Å²) in [5.74, 6) is 1.41. The number of imidazole rings is 1. The standard InChI is InChI=1S/C21H29N5O2/c22-21(28)16-7-10-26(11-8-16)20(27)14-25-9-3-4-15(13-25)12-19-23-17-5-1-2-6-18(17)24-19/h1-2,5-6,15-16H,3-4,7-14H2,(H2,22,28)(H,23,24)/t15-/m1/s1. The molecule has 28 heavy (non-hydrogen) atoms. The van der Waals surface area contributed by atoms with Gasteiger partial charge >= 0.3 is 0 Å². The first-order valence-electron chi connectivity index (χ1n) is 10.3. The number of benzene rings is 1. The van der Waals surface area contributed by atoms with Crippen LogP contribution in [0, 0.1) is 11.8 Å². The second kappa shape index (κ2) is 8.31. The van der Waals surface area contributed by atoms with E-state index in [0.717, 1.165) is 42.8 Å². The summed E-state index contributed by atoms with van der Waals surface area (Å²) < 4.78 is 0. The number of para-hydroxylation sites is 2. The van der Waals surface area contributed by atoms with Crippen LogP contribution in [-0.2, 0) is 16.0 Å². The van der Waals surface area contributed by atoms with Crippen molar-refractivity contribution in [2.75, 3.05) is 32.7 Å². The number of carbonyl (C=O) groups excluding carboxylic acids is 2. The second-order valence-electron chi connectivity index (χ2n) is 8.21. The van der Waals surface area contributed by atoms with Gasteiger partial charge in [0.25, 0.3) is 0 Å². The van der Waals surface area contributed by atoms with Crippen molar-refractivity contribution in [1.82, 2.24) is 19.8 Å². The molecule has 1 aromatic heterocycles. The maximum absolute atomic E-state index is 12.7. The summed E-state index contributed by atoms with van der Waals surface area (Å²) in [6, 6.07) is 8.11. The Morgan fingerprint density at radius 1 is 1.14 bits per heavy atom. The van der Waals surface area contributed by atoms with Crippen molar-refractivity contribution in [3.8, 4) is 0 Å². The summed E-state index contributed by atoms with van der Waals surface area (Å²) in [7, 11) is 0. The molecule has 0 bridgehead atoms. The number of aromatic amines is 1. The number of nitrogens with zero attached hydrogens (tertiary/aromatic N) is 3. The second-order valence-corrected chi connectivity index (χ2v) is 8.21. The van der Waals surface area contributed by atoms with E-state index in [9.17, 15) is 9.59 Å². The maximum atomic E-state index is 12.7. The van der Waals surface area contributed by atoms with Gasteiger partial charge < -0.3 is 15.6 Å². The topological polar surface area (TPSA) is 95.3 Å². The number of aromatic nitrogens is 2. The van der Waals surface area contributed by atoms with E-state index in [1.165, 1.54) is 6.42 Å². The highest BCUT2D eigenvalue weighted by atomic mass is 16.2. The highest BCUT2D eigenvalue weighted by Gasteiger charge is 2.28. The number of primary amides is 1. The van der Waals surface area contributed by atoms with Crippen molar-refractivity contribution < 1.29 is 9.59 Å². The number of nitrogens with two attached hydrogens (primary N) is 1. The van der Waals surface area contributed by atoms with Crippen LogP contribution in [0.4, 0.5) is 0 Å². The fraction of sp³-hybridized carbons (Fsp3) is 0.571. The minimum atomic E-state index is -0.239. The Hall–Kier alpha value is -2.41. The van der Waals surface area contributed by atoms with Crippen LogP contribution in [0.2, 0.25) is 0 Å². The first-order valence-corrected chi connectivity index (χ1v) is 10.3. The first kappa shape index (κ1) is 18.9. The fourth-order valence-corrected chi connectivity index (χ4v) is 4.54. The minimum Gasteiger partial charge on any atom is -0.369 e. The molecule has 2 aromatic rings. The van der Waals surface area contributed by atoms with Gasteiger partial charge in [-0.3, -0.25) is 14.5 Å². The number of amides is 2. The Balaban J connectivity index is 1.29. The molecular formula is C21H29N5O2. The lowest BCUT2D eigenvalue weighted by Crippen LogP contribution is -2.47. The maximum Gasteiger partial charge on any atom is 0.236 e. The van der Waals surface area contributed by atoms with E-state index >= 15 is 0 Å². The summed E-state index contributed by atoms with van der Waals surface area (Å²) in [6.07, 6.45) is 4.59. The third kappa shape index (κ3) is 4.35. The van der Waals surface area contributed by atoms with E-state index in [-0.39, 0.29) is 17.7 Å². The van der Waals surface area contributed by atoms with Crippen LogP contribution in [0.3, 0.4) is 0 Å². The van der Waals surface area contributed by atoms with E-state index in [1.807, 2.05) is 23.1 Å². The molecule has 0 unspecified atom stereocenters. The van der Waals surface area contributed by atoms with Gasteiger partial charge in [-0.25, -0.2) is 4.98 Å². The van der Waals surface area contributed by atoms with Gasteiger partial charge in [0, 0.05) is 32.0 Å². The number of rotatable bonds is 5. The number of likely N-dealkylation sites (tertiary alicyclic amines) is 2. The number of hydrogen-bond acceptors (Lipinski definition) is 4. The monoisotopic (exact) mass is 383 g/mol. The molecule has 7 heteroatoms. The van der Waals surface area contributed by atoms with Crippen LogP contribution in [0.5, 0.6) is 0 Å².